The first-order valence-corrected chi connectivity index (χ1v) is 8.23. The lowest BCUT2D eigenvalue weighted by molar-refractivity contribution is 0.102. The maximum Gasteiger partial charge on any atom is 0.257 e. The second-order valence-corrected chi connectivity index (χ2v) is 6.13. The summed E-state index contributed by atoms with van der Waals surface area (Å²) in [7, 11) is 0. The summed E-state index contributed by atoms with van der Waals surface area (Å²) >= 11 is 5.94. The third-order valence-corrected chi connectivity index (χ3v) is 3.95. The average molecular weight is 363 g/mol. The summed E-state index contributed by atoms with van der Waals surface area (Å²) in [6, 6.07) is 16.1. The van der Waals surface area contributed by atoms with E-state index in [9.17, 15) is 4.79 Å². The molecule has 3 rings (SSSR count). The lowest BCUT2D eigenvalue weighted by Gasteiger charge is -2.10. The maximum atomic E-state index is 12.5. The summed E-state index contributed by atoms with van der Waals surface area (Å²) in [5.41, 5.74) is 3.94. The van der Waals surface area contributed by atoms with E-state index in [1.54, 1.807) is 48.7 Å². The Morgan fingerprint density at radius 1 is 1.12 bits per heavy atom. The van der Waals surface area contributed by atoms with Crippen LogP contribution in [0, 0.1) is 18.3 Å². The van der Waals surface area contributed by atoms with Crippen LogP contribution in [0.15, 0.2) is 60.9 Å². The Balaban J connectivity index is 1.78. The molecular weight excluding hydrogens is 348 g/mol. The zero-order chi connectivity index (χ0) is 18.5. The standard InChI is InChI=1S/C20H15ClN4O/c1-13-7-16(21)5-6-19(13)25-20(26)15-9-18(12-23-11-15)24-17-4-2-3-14(8-17)10-22/h2-9,11-12,24H,1H3,(H,25,26). The first kappa shape index (κ1) is 17.5. The van der Waals surface area contributed by atoms with Gasteiger partial charge in [0.15, 0.2) is 0 Å². The van der Waals surface area contributed by atoms with Gasteiger partial charge in [0.2, 0.25) is 0 Å². The van der Waals surface area contributed by atoms with Crippen molar-refractivity contribution >= 4 is 34.6 Å². The Bertz CT molecular complexity index is 1010. The molecule has 0 unspecified atom stereocenters. The molecule has 1 aromatic heterocycles. The molecule has 0 aliphatic carbocycles. The number of anilines is 3. The van der Waals surface area contributed by atoms with Crippen LogP contribution >= 0.6 is 11.6 Å². The molecule has 0 bridgehead atoms. The van der Waals surface area contributed by atoms with Gasteiger partial charge in [0.05, 0.1) is 29.1 Å². The molecule has 0 fully saturated rings. The fraction of sp³-hybridized carbons (Fsp3) is 0.0500. The SMILES string of the molecule is Cc1cc(Cl)ccc1NC(=O)c1cncc(Nc2cccc(C#N)c2)c1. The Labute approximate surface area is 156 Å². The van der Waals surface area contributed by atoms with E-state index in [0.29, 0.717) is 27.5 Å². The van der Waals surface area contributed by atoms with Gasteiger partial charge < -0.3 is 10.6 Å². The molecule has 1 amide bonds. The Morgan fingerprint density at radius 2 is 1.96 bits per heavy atom. The van der Waals surface area contributed by atoms with Gasteiger partial charge in [-0.05, 0) is 55.0 Å². The van der Waals surface area contributed by atoms with Gasteiger partial charge in [-0.3, -0.25) is 9.78 Å². The molecule has 26 heavy (non-hydrogen) atoms. The second-order valence-electron chi connectivity index (χ2n) is 5.69. The van der Waals surface area contributed by atoms with E-state index in [2.05, 4.69) is 21.7 Å². The molecule has 2 aromatic carbocycles. The zero-order valence-corrected chi connectivity index (χ0v) is 14.7. The number of hydrogen-bond donors (Lipinski definition) is 2. The number of carbonyl (C=O) groups is 1. The van der Waals surface area contributed by atoms with Crippen LogP contribution in [0.25, 0.3) is 0 Å². The van der Waals surface area contributed by atoms with Crippen LogP contribution in [0.3, 0.4) is 0 Å². The molecule has 0 saturated carbocycles. The predicted molar refractivity (Wildman–Crippen MR) is 103 cm³/mol. The largest absolute Gasteiger partial charge is 0.354 e. The number of nitrogens with zero attached hydrogens (tertiary/aromatic N) is 2. The molecule has 3 aromatic rings. The molecule has 0 aliphatic rings. The number of benzene rings is 2. The van der Waals surface area contributed by atoms with Crippen molar-refractivity contribution in [2.24, 2.45) is 0 Å². The fourth-order valence-corrected chi connectivity index (χ4v) is 2.65. The first-order valence-electron chi connectivity index (χ1n) is 7.85. The normalized spacial score (nSPS) is 10.0. The van der Waals surface area contributed by atoms with Crippen molar-refractivity contribution in [3.8, 4) is 6.07 Å². The number of rotatable bonds is 4. The van der Waals surface area contributed by atoms with Crippen molar-refractivity contribution in [1.29, 1.82) is 5.26 Å². The number of halogens is 1. The van der Waals surface area contributed by atoms with Crippen molar-refractivity contribution in [3.05, 3.63) is 82.6 Å². The second kappa shape index (κ2) is 7.68. The molecule has 0 radical (unpaired) electrons. The van der Waals surface area contributed by atoms with Gasteiger partial charge in [0, 0.05) is 22.6 Å². The number of hydrogen-bond acceptors (Lipinski definition) is 4. The summed E-state index contributed by atoms with van der Waals surface area (Å²) in [5, 5.41) is 15.6. The molecule has 2 N–H and O–H groups in total. The average Bonchev–Trinajstić information content (AvgIpc) is 2.64. The number of aromatic nitrogens is 1. The minimum atomic E-state index is -0.266. The highest BCUT2D eigenvalue weighted by molar-refractivity contribution is 6.30. The monoisotopic (exact) mass is 362 g/mol. The van der Waals surface area contributed by atoms with E-state index in [0.717, 1.165) is 11.3 Å². The van der Waals surface area contributed by atoms with Gasteiger partial charge in [-0.15, -0.1) is 0 Å². The number of aryl methyl sites for hydroxylation is 1. The van der Waals surface area contributed by atoms with Crippen molar-refractivity contribution in [3.63, 3.8) is 0 Å². The number of nitriles is 1. The highest BCUT2D eigenvalue weighted by Crippen LogP contribution is 2.21. The molecule has 0 spiro atoms. The van der Waals surface area contributed by atoms with Gasteiger partial charge in [-0.25, -0.2) is 0 Å². The minimum Gasteiger partial charge on any atom is -0.354 e. The van der Waals surface area contributed by atoms with Crippen molar-refractivity contribution in [1.82, 2.24) is 4.98 Å². The van der Waals surface area contributed by atoms with Crippen LogP contribution in [0.1, 0.15) is 21.5 Å². The van der Waals surface area contributed by atoms with E-state index in [1.165, 1.54) is 6.20 Å². The van der Waals surface area contributed by atoms with Crippen LogP contribution in [0.4, 0.5) is 17.1 Å². The van der Waals surface area contributed by atoms with Crippen LogP contribution in [-0.2, 0) is 0 Å². The van der Waals surface area contributed by atoms with E-state index >= 15 is 0 Å². The van der Waals surface area contributed by atoms with Crippen LogP contribution in [0.2, 0.25) is 5.02 Å². The van der Waals surface area contributed by atoms with E-state index in [4.69, 9.17) is 16.9 Å². The Morgan fingerprint density at radius 3 is 2.73 bits per heavy atom. The Hall–Kier alpha value is -3.36. The van der Waals surface area contributed by atoms with Gasteiger partial charge >= 0.3 is 0 Å². The highest BCUT2D eigenvalue weighted by Gasteiger charge is 2.09. The lowest BCUT2D eigenvalue weighted by atomic mass is 10.1. The third-order valence-electron chi connectivity index (χ3n) is 3.72. The zero-order valence-electron chi connectivity index (χ0n) is 14.0. The molecule has 0 saturated heterocycles. The molecule has 128 valence electrons. The lowest BCUT2D eigenvalue weighted by Crippen LogP contribution is -2.13. The van der Waals surface area contributed by atoms with Gasteiger partial charge in [0.1, 0.15) is 0 Å². The van der Waals surface area contributed by atoms with Crippen LogP contribution in [0.5, 0.6) is 0 Å². The number of carbonyl (C=O) groups excluding carboxylic acids is 1. The number of amides is 1. The van der Waals surface area contributed by atoms with E-state index in [1.807, 2.05) is 13.0 Å². The minimum absolute atomic E-state index is 0.266. The highest BCUT2D eigenvalue weighted by atomic mass is 35.5. The first-order chi connectivity index (χ1) is 12.5. The molecule has 0 atom stereocenters. The Kier molecular flexibility index (Phi) is 5.16. The summed E-state index contributed by atoms with van der Waals surface area (Å²) in [6.45, 7) is 1.87. The summed E-state index contributed by atoms with van der Waals surface area (Å²) in [4.78, 5) is 16.6. The van der Waals surface area contributed by atoms with Gasteiger partial charge in [-0.2, -0.15) is 5.26 Å². The predicted octanol–water partition coefficient (Wildman–Crippen LogP) is 4.91. The number of pyridine rings is 1. The summed E-state index contributed by atoms with van der Waals surface area (Å²) in [5.74, 6) is -0.266. The molecule has 6 heteroatoms. The van der Waals surface area contributed by atoms with E-state index in [-0.39, 0.29) is 5.91 Å². The van der Waals surface area contributed by atoms with Crippen LogP contribution < -0.4 is 10.6 Å². The molecule has 1 heterocycles. The maximum absolute atomic E-state index is 12.5. The quantitative estimate of drug-likeness (QED) is 0.691. The summed E-state index contributed by atoms with van der Waals surface area (Å²) in [6.07, 6.45) is 3.11. The third kappa shape index (κ3) is 4.18. The van der Waals surface area contributed by atoms with Crippen LogP contribution in [-0.4, -0.2) is 10.9 Å². The molecular formula is C20H15ClN4O. The summed E-state index contributed by atoms with van der Waals surface area (Å²) < 4.78 is 0. The van der Waals surface area contributed by atoms with Crippen molar-refractivity contribution < 1.29 is 4.79 Å². The van der Waals surface area contributed by atoms with Crippen molar-refractivity contribution in [2.45, 2.75) is 6.92 Å². The van der Waals surface area contributed by atoms with Crippen molar-refractivity contribution in [2.75, 3.05) is 10.6 Å². The molecule has 5 nitrogen and oxygen atoms in total. The van der Waals surface area contributed by atoms with Gasteiger partial charge in [-0.1, -0.05) is 17.7 Å². The topological polar surface area (TPSA) is 77.8 Å². The smallest absolute Gasteiger partial charge is 0.257 e. The van der Waals surface area contributed by atoms with E-state index < -0.39 is 0 Å². The number of nitrogens with one attached hydrogen (secondary N) is 2. The van der Waals surface area contributed by atoms with Gasteiger partial charge in [0.25, 0.3) is 5.91 Å². The molecule has 0 aliphatic heterocycles. The fourth-order valence-electron chi connectivity index (χ4n) is 2.43.